The molecule has 0 bridgehead atoms. The highest BCUT2D eigenvalue weighted by Gasteiger charge is 2.17. The fourth-order valence-corrected chi connectivity index (χ4v) is 2.05. The van der Waals surface area contributed by atoms with Crippen LogP contribution >= 0.6 is 0 Å². The molecule has 2 heterocycles. The molecule has 15 heavy (non-hydrogen) atoms. The quantitative estimate of drug-likeness (QED) is 0.787. The van der Waals surface area contributed by atoms with Crippen LogP contribution in [0.5, 0.6) is 0 Å². The van der Waals surface area contributed by atoms with E-state index in [1.165, 1.54) is 12.8 Å². The highest BCUT2D eigenvalue weighted by molar-refractivity contribution is 5.37. The second-order valence-electron chi connectivity index (χ2n) is 4.21. The number of anilines is 1. The summed E-state index contributed by atoms with van der Waals surface area (Å²) in [6, 6.07) is 2.70. The van der Waals surface area contributed by atoms with E-state index in [9.17, 15) is 0 Å². The van der Waals surface area contributed by atoms with Crippen molar-refractivity contribution in [2.75, 3.05) is 24.5 Å². The van der Waals surface area contributed by atoms with Crippen LogP contribution in [0.4, 0.5) is 5.82 Å². The van der Waals surface area contributed by atoms with Crippen LogP contribution in [0.15, 0.2) is 12.3 Å². The molecular weight excluding hydrogens is 188 g/mol. The molecule has 4 heteroatoms. The van der Waals surface area contributed by atoms with Crippen molar-refractivity contribution in [2.24, 2.45) is 7.05 Å². The summed E-state index contributed by atoms with van der Waals surface area (Å²) in [4.78, 5) is 2.38. The smallest absolute Gasteiger partial charge is 0.150 e. The van der Waals surface area contributed by atoms with Crippen LogP contribution in [0.1, 0.15) is 19.8 Å². The van der Waals surface area contributed by atoms with Gasteiger partial charge >= 0.3 is 0 Å². The topological polar surface area (TPSA) is 33.1 Å². The second-order valence-corrected chi connectivity index (χ2v) is 4.21. The molecule has 1 atom stereocenters. The molecule has 1 fully saturated rings. The van der Waals surface area contributed by atoms with Crippen molar-refractivity contribution in [3.8, 4) is 0 Å². The van der Waals surface area contributed by atoms with Crippen molar-refractivity contribution in [1.82, 2.24) is 15.1 Å². The van der Waals surface area contributed by atoms with Crippen molar-refractivity contribution in [3.05, 3.63) is 12.3 Å². The Morgan fingerprint density at radius 1 is 1.60 bits per heavy atom. The fraction of sp³-hybridized carbons (Fsp3) is 0.727. The summed E-state index contributed by atoms with van der Waals surface area (Å²) in [6.45, 7) is 5.55. The summed E-state index contributed by atoms with van der Waals surface area (Å²) in [7, 11) is 1.97. The molecule has 4 nitrogen and oxygen atoms in total. The SMILES string of the molecule is CCC1CN(c2ccn(C)n2)CCCN1. The van der Waals surface area contributed by atoms with Crippen molar-refractivity contribution in [3.63, 3.8) is 0 Å². The fourth-order valence-electron chi connectivity index (χ4n) is 2.05. The molecule has 1 aromatic heterocycles. The van der Waals surface area contributed by atoms with Gasteiger partial charge < -0.3 is 10.2 Å². The third-order valence-electron chi connectivity index (χ3n) is 2.99. The Labute approximate surface area is 91.3 Å². The summed E-state index contributed by atoms with van der Waals surface area (Å²) in [6.07, 6.45) is 4.39. The van der Waals surface area contributed by atoms with E-state index < -0.39 is 0 Å². The zero-order chi connectivity index (χ0) is 10.7. The molecule has 0 radical (unpaired) electrons. The van der Waals surface area contributed by atoms with Gasteiger partial charge in [0.25, 0.3) is 0 Å². The molecule has 0 spiro atoms. The van der Waals surface area contributed by atoms with Gasteiger partial charge in [0, 0.05) is 38.4 Å². The van der Waals surface area contributed by atoms with Gasteiger partial charge in [0.2, 0.25) is 0 Å². The predicted octanol–water partition coefficient (Wildman–Crippen LogP) is 0.998. The number of nitrogens with zero attached hydrogens (tertiary/aromatic N) is 3. The van der Waals surface area contributed by atoms with Gasteiger partial charge in [-0.05, 0) is 19.4 Å². The monoisotopic (exact) mass is 208 g/mol. The minimum Gasteiger partial charge on any atom is -0.354 e. The van der Waals surface area contributed by atoms with E-state index in [0.29, 0.717) is 6.04 Å². The van der Waals surface area contributed by atoms with Crippen molar-refractivity contribution in [2.45, 2.75) is 25.8 Å². The minimum atomic E-state index is 0.606. The Morgan fingerprint density at radius 3 is 3.13 bits per heavy atom. The van der Waals surface area contributed by atoms with Crippen LogP contribution < -0.4 is 10.2 Å². The van der Waals surface area contributed by atoms with Gasteiger partial charge in [-0.1, -0.05) is 6.92 Å². The molecule has 0 aromatic carbocycles. The first-order valence-corrected chi connectivity index (χ1v) is 5.77. The van der Waals surface area contributed by atoms with Crippen LogP contribution in [-0.2, 0) is 7.05 Å². The number of hydrogen-bond acceptors (Lipinski definition) is 3. The van der Waals surface area contributed by atoms with Gasteiger partial charge in [0.15, 0.2) is 5.82 Å². The largest absolute Gasteiger partial charge is 0.354 e. The van der Waals surface area contributed by atoms with Gasteiger partial charge in [0.05, 0.1) is 0 Å². The lowest BCUT2D eigenvalue weighted by Gasteiger charge is -2.23. The van der Waals surface area contributed by atoms with Gasteiger partial charge in [-0.3, -0.25) is 4.68 Å². The number of hydrogen-bond donors (Lipinski definition) is 1. The summed E-state index contributed by atoms with van der Waals surface area (Å²) >= 11 is 0. The molecule has 0 amide bonds. The van der Waals surface area contributed by atoms with Crippen LogP contribution in [0.25, 0.3) is 0 Å². The van der Waals surface area contributed by atoms with E-state index in [1.807, 2.05) is 17.9 Å². The molecule has 1 N–H and O–H groups in total. The molecule has 2 rings (SSSR count). The zero-order valence-corrected chi connectivity index (χ0v) is 9.61. The summed E-state index contributed by atoms with van der Waals surface area (Å²) in [5.74, 6) is 1.11. The lowest BCUT2D eigenvalue weighted by atomic mass is 10.2. The third-order valence-corrected chi connectivity index (χ3v) is 2.99. The average molecular weight is 208 g/mol. The lowest BCUT2D eigenvalue weighted by molar-refractivity contribution is 0.527. The van der Waals surface area contributed by atoms with E-state index in [2.05, 4.69) is 28.3 Å². The van der Waals surface area contributed by atoms with Gasteiger partial charge in [0.1, 0.15) is 0 Å². The standard InChI is InChI=1S/C11H20N4/c1-3-10-9-15(7-4-6-12-10)11-5-8-14(2)13-11/h5,8,10,12H,3-4,6-7,9H2,1-2H3. The predicted molar refractivity (Wildman–Crippen MR) is 62.1 cm³/mol. The maximum atomic E-state index is 4.46. The van der Waals surface area contributed by atoms with E-state index in [4.69, 9.17) is 0 Å². The Bertz CT molecular complexity index is 307. The summed E-state index contributed by atoms with van der Waals surface area (Å²) in [5, 5.41) is 8.02. The van der Waals surface area contributed by atoms with Crippen LogP contribution in [0.3, 0.4) is 0 Å². The zero-order valence-electron chi connectivity index (χ0n) is 9.61. The lowest BCUT2D eigenvalue weighted by Crippen LogP contribution is -2.37. The summed E-state index contributed by atoms with van der Waals surface area (Å²) < 4.78 is 1.87. The van der Waals surface area contributed by atoms with Crippen LogP contribution in [-0.4, -0.2) is 35.5 Å². The third kappa shape index (κ3) is 2.50. The van der Waals surface area contributed by atoms with Crippen molar-refractivity contribution >= 4 is 5.82 Å². The Morgan fingerprint density at radius 2 is 2.47 bits per heavy atom. The highest BCUT2D eigenvalue weighted by Crippen LogP contribution is 2.13. The first-order valence-electron chi connectivity index (χ1n) is 5.77. The van der Waals surface area contributed by atoms with E-state index in [0.717, 1.165) is 25.5 Å². The van der Waals surface area contributed by atoms with E-state index in [-0.39, 0.29) is 0 Å². The molecule has 0 saturated carbocycles. The molecule has 1 aliphatic rings. The van der Waals surface area contributed by atoms with Crippen LogP contribution in [0.2, 0.25) is 0 Å². The average Bonchev–Trinajstić information content (AvgIpc) is 2.54. The normalized spacial score (nSPS) is 22.8. The Balaban J connectivity index is 2.07. The maximum absolute atomic E-state index is 4.46. The molecule has 1 aliphatic heterocycles. The van der Waals surface area contributed by atoms with Crippen molar-refractivity contribution in [1.29, 1.82) is 0 Å². The molecule has 0 aliphatic carbocycles. The maximum Gasteiger partial charge on any atom is 0.150 e. The first kappa shape index (κ1) is 10.5. The second kappa shape index (κ2) is 4.66. The molecule has 1 aromatic rings. The summed E-state index contributed by atoms with van der Waals surface area (Å²) in [5.41, 5.74) is 0. The van der Waals surface area contributed by atoms with E-state index in [1.54, 1.807) is 0 Å². The van der Waals surface area contributed by atoms with Gasteiger partial charge in [-0.2, -0.15) is 5.10 Å². The minimum absolute atomic E-state index is 0.606. The highest BCUT2D eigenvalue weighted by atomic mass is 15.3. The first-order chi connectivity index (χ1) is 7.29. The molecule has 84 valence electrons. The Kier molecular flexibility index (Phi) is 3.26. The number of rotatable bonds is 2. The van der Waals surface area contributed by atoms with Crippen LogP contribution in [0, 0.1) is 0 Å². The van der Waals surface area contributed by atoms with Gasteiger partial charge in [-0.25, -0.2) is 0 Å². The van der Waals surface area contributed by atoms with Gasteiger partial charge in [-0.15, -0.1) is 0 Å². The van der Waals surface area contributed by atoms with E-state index >= 15 is 0 Å². The Hall–Kier alpha value is -1.03. The number of nitrogens with one attached hydrogen (secondary N) is 1. The molecule has 1 unspecified atom stereocenters. The number of aryl methyl sites for hydroxylation is 1. The van der Waals surface area contributed by atoms with Crippen molar-refractivity contribution < 1.29 is 0 Å². The number of aromatic nitrogens is 2. The molecule has 1 saturated heterocycles. The molecular formula is C11H20N4.